The van der Waals surface area contributed by atoms with Gasteiger partial charge in [-0.25, -0.2) is 14.6 Å². The van der Waals surface area contributed by atoms with E-state index in [0.29, 0.717) is 11.7 Å². The Hall–Kier alpha value is -3.61. The van der Waals surface area contributed by atoms with Gasteiger partial charge >= 0.3 is 17.5 Å². The van der Waals surface area contributed by atoms with Crippen molar-refractivity contribution in [2.75, 3.05) is 0 Å². The Kier molecular flexibility index (Phi) is 31.7. The summed E-state index contributed by atoms with van der Waals surface area (Å²) in [5.74, 6) is 0.659. The van der Waals surface area contributed by atoms with Crippen LogP contribution in [0.15, 0.2) is 32.0 Å². The minimum atomic E-state index is -1.09. The molecule has 0 fully saturated rings. The molecule has 2 aromatic rings. The number of rotatable bonds is 28. The van der Waals surface area contributed by atoms with Crippen molar-refractivity contribution in [3.8, 4) is 11.9 Å². The van der Waals surface area contributed by atoms with Crippen molar-refractivity contribution in [1.29, 1.82) is 5.26 Å². The zero-order valence-electron chi connectivity index (χ0n) is 34.8. The Morgan fingerprint density at radius 2 is 1.07 bits per heavy atom. The van der Waals surface area contributed by atoms with E-state index in [-0.39, 0.29) is 29.4 Å². The number of aromatic nitrogens is 1. The van der Waals surface area contributed by atoms with Crippen LogP contribution in [0.5, 0.6) is 5.75 Å². The minimum absolute atomic E-state index is 0.0160. The third kappa shape index (κ3) is 24.7. The summed E-state index contributed by atoms with van der Waals surface area (Å²) in [6.07, 6.45) is 30.4. The first-order valence-corrected chi connectivity index (χ1v) is 21.3. The first-order valence-electron chi connectivity index (χ1n) is 21.3. The van der Waals surface area contributed by atoms with Gasteiger partial charge in [0, 0.05) is 23.8 Å². The fourth-order valence-corrected chi connectivity index (χ4v) is 6.52. The van der Waals surface area contributed by atoms with Crippen LogP contribution in [0.25, 0.3) is 0 Å². The molecule has 0 saturated carbocycles. The molecule has 0 saturated heterocycles. The fraction of sp³-hybridized carbons (Fsp3) is 0.750. The molecule has 0 aliphatic rings. The lowest BCUT2D eigenvalue weighted by Gasteiger charge is -2.15. The third-order valence-electron chi connectivity index (χ3n) is 9.77. The lowest BCUT2D eigenvalue weighted by atomic mass is 9.92. The number of nitrogens with zero attached hydrogens (tertiary/aromatic N) is 2. The summed E-state index contributed by atoms with van der Waals surface area (Å²) in [6.45, 7) is 13.0. The molecule has 2 rings (SSSR count). The van der Waals surface area contributed by atoms with Gasteiger partial charge in [0.1, 0.15) is 17.3 Å². The molecule has 10 nitrogen and oxygen atoms in total. The van der Waals surface area contributed by atoms with Crippen LogP contribution in [0.2, 0.25) is 0 Å². The second-order valence-electron chi connectivity index (χ2n) is 14.6. The predicted octanol–water partition coefficient (Wildman–Crippen LogP) is 12.6. The molecule has 0 spiro atoms. The summed E-state index contributed by atoms with van der Waals surface area (Å²) in [5.41, 5.74) is -0.453. The van der Waals surface area contributed by atoms with Crippen LogP contribution in [0, 0.1) is 17.4 Å². The van der Waals surface area contributed by atoms with Gasteiger partial charge < -0.3 is 19.0 Å². The Balaban J connectivity index is 0.000000785. The Bertz CT molecular complexity index is 1290. The lowest BCUT2D eigenvalue weighted by Crippen LogP contribution is -2.27. The fourth-order valence-electron chi connectivity index (χ4n) is 6.52. The van der Waals surface area contributed by atoms with Gasteiger partial charge in [-0.3, -0.25) is 10.1 Å². The summed E-state index contributed by atoms with van der Waals surface area (Å²) >= 11 is 0. The van der Waals surface area contributed by atoms with Crippen molar-refractivity contribution in [2.45, 2.75) is 207 Å². The van der Waals surface area contributed by atoms with Crippen LogP contribution in [0.3, 0.4) is 0 Å². The molecule has 0 bridgehead atoms. The number of carbonyl (C=O) groups excluding carboxylic acids is 1. The Labute approximate surface area is 326 Å². The number of aromatic carboxylic acids is 1. The monoisotopic (exact) mass is 758 g/mol. The number of carbonyl (C=O) groups is 2. The van der Waals surface area contributed by atoms with Crippen molar-refractivity contribution in [3.63, 3.8) is 0 Å². The lowest BCUT2D eigenvalue weighted by molar-refractivity contribution is -0.124. The molecule has 0 aliphatic carbocycles. The normalized spacial score (nSPS) is 10.8. The molecule has 0 unspecified atom stereocenters. The molecule has 308 valence electrons. The summed E-state index contributed by atoms with van der Waals surface area (Å²) in [5, 5.41) is 29.1. The number of carboxylic acids is 1. The van der Waals surface area contributed by atoms with Gasteiger partial charge in [-0.15, -0.1) is 0 Å². The van der Waals surface area contributed by atoms with Gasteiger partial charge in [0.25, 0.3) is 0 Å². The highest BCUT2D eigenvalue weighted by molar-refractivity contribution is 5.82. The van der Waals surface area contributed by atoms with E-state index in [1.54, 1.807) is 18.5 Å². The minimum Gasteiger partial charge on any atom is -0.508 e. The molecule has 0 radical (unpaired) electrons. The number of nitrogens with one attached hydrogen (secondary N) is 1. The highest BCUT2D eigenvalue weighted by Gasteiger charge is 2.20. The first-order chi connectivity index (χ1) is 26.1. The van der Waals surface area contributed by atoms with Crippen molar-refractivity contribution in [1.82, 2.24) is 10.3 Å². The van der Waals surface area contributed by atoms with E-state index in [2.05, 4.69) is 51.8 Å². The average molecular weight is 758 g/mol. The highest BCUT2D eigenvalue weighted by Crippen LogP contribution is 2.30. The van der Waals surface area contributed by atoms with Crippen LogP contribution < -0.4 is 10.9 Å². The van der Waals surface area contributed by atoms with Crippen LogP contribution in [0.4, 0.5) is 0 Å². The molecule has 0 atom stereocenters. The van der Waals surface area contributed by atoms with Crippen molar-refractivity contribution < 1.29 is 28.6 Å². The number of hydrogen-bond donors (Lipinski definition) is 3. The van der Waals surface area contributed by atoms with Crippen molar-refractivity contribution >= 4 is 11.9 Å². The number of unbranched alkanes of at least 4 members (excludes halogenated alkanes) is 12. The number of oxazole rings is 1. The molecule has 3 N–H and O–H groups in total. The first kappa shape index (κ1) is 50.4. The standard InChI is InChI=1S/C16H26O3.C15H25NO3.C13H24N2O/c1-3-5-7-9-13(10-8-6-4-2)15-11-14(17)12-16(18)19-15;1-3-5-7-9-12(10-8-6-4-2)13-11-16-14(19-13)15(17)18;1-3-5-7-9-12(10-8-6-4-2)13(16)15-11-14/h11-13,17H,3-10H2,1-2H3;11-12H,3-10H2,1-2H3,(H,17,18);12H,3-10H2,1-2H3,(H,15,16). The van der Waals surface area contributed by atoms with Gasteiger partial charge in [0.2, 0.25) is 5.91 Å². The zero-order chi connectivity index (χ0) is 40.4. The van der Waals surface area contributed by atoms with E-state index in [9.17, 15) is 19.5 Å². The van der Waals surface area contributed by atoms with E-state index >= 15 is 0 Å². The van der Waals surface area contributed by atoms with Gasteiger partial charge in [-0.1, -0.05) is 157 Å². The van der Waals surface area contributed by atoms with Gasteiger partial charge in [-0.05, 0) is 38.5 Å². The van der Waals surface area contributed by atoms with Gasteiger partial charge in [0.15, 0.2) is 6.19 Å². The number of aromatic hydroxyl groups is 1. The number of carboxylic acid groups (broad SMARTS) is 1. The predicted molar refractivity (Wildman–Crippen MR) is 218 cm³/mol. The largest absolute Gasteiger partial charge is 0.508 e. The summed E-state index contributed by atoms with van der Waals surface area (Å²) < 4.78 is 10.6. The molecular weight excluding hydrogens is 682 g/mol. The summed E-state index contributed by atoms with van der Waals surface area (Å²) in [4.78, 5) is 37.6. The second kappa shape index (κ2) is 33.9. The van der Waals surface area contributed by atoms with E-state index in [0.717, 1.165) is 88.9 Å². The smallest absolute Gasteiger partial charge is 0.392 e. The van der Waals surface area contributed by atoms with E-state index in [4.69, 9.17) is 19.2 Å². The number of nitriles is 1. The number of amides is 1. The molecule has 0 aromatic carbocycles. The highest BCUT2D eigenvalue weighted by atomic mass is 16.4. The van der Waals surface area contributed by atoms with Gasteiger partial charge in [-0.2, -0.15) is 5.26 Å². The van der Waals surface area contributed by atoms with Crippen molar-refractivity contribution in [3.05, 3.63) is 46.2 Å². The van der Waals surface area contributed by atoms with Crippen LogP contribution in [-0.2, 0) is 4.79 Å². The summed E-state index contributed by atoms with van der Waals surface area (Å²) in [7, 11) is 0. The van der Waals surface area contributed by atoms with Crippen LogP contribution in [0.1, 0.15) is 230 Å². The van der Waals surface area contributed by atoms with Gasteiger partial charge in [0.05, 0.1) is 12.3 Å². The van der Waals surface area contributed by atoms with E-state index < -0.39 is 11.6 Å². The molecule has 1 amide bonds. The third-order valence-corrected chi connectivity index (χ3v) is 9.77. The van der Waals surface area contributed by atoms with Crippen molar-refractivity contribution in [2.24, 2.45) is 5.92 Å². The molecule has 2 aromatic heterocycles. The molecule has 10 heteroatoms. The Morgan fingerprint density at radius 1 is 0.667 bits per heavy atom. The number of hydrogen-bond acceptors (Lipinski definition) is 8. The average Bonchev–Trinajstić information content (AvgIpc) is 3.65. The molecule has 2 heterocycles. The Morgan fingerprint density at radius 3 is 1.43 bits per heavy atom. The summed E-state index contributed by atoms with van der Waals surface area (Å²) in [6, 6.07) is 2.72. The van der Waals surface area contributed by atoms with Crippen LogP contribution >= 0.6 is 0 Å². The van der Waals surface area contributed by atoms with Crippen LogP contribution in [-0.4, -0.2) is 27.1 Å². The van der Waals surface area contributed by atoms with E-state index in [1.807, 2.05) is 0 Å². The molecular formula is C44H75N3O7. The maximum atomic E-state index is 11.6. The van der Waals surface area contributed by atoms with E-state index in [1.165, 1.54) is 77.0 Å². The SMILES string of the molecule is CCCCCC(CCCCC)C(=O)NC#N.CCCCCC(CCCCC)c1cc(O)cc(=O)o1.CCCCCC(CCCCC)c1cnc(C(=O)O)o1. The maximum absolute atomic E-state index is 11.6. The second-order valence-corrected chi connectivity index (χ2v) is 14.6. The maximum Gasteiger partial charge on any atom is 0.392 e. The quantitative estimate of drug-likeness (QED) is 0.0435. The topological polar surface area (TPSA) is 167 Å². The molecule has 54 heavy (non-hydrogen) atoms. The molecule has 0 aliphatic heterocycles. The zero-order valence-corrected chi connectivity index (χ0v) is 34.8.